The number of primary amides is 1. The molecule has 150 valence electrons. The van der Waals surface area contributed by atoms with E-state index in [1.54, 1.807) is 25.2 Å². The number of esters is 1. The summed E-state index contributed by atoms with van der Waals surface area (Å²) in [6.07, 6.45) is 2.46. The van der Waals surface area contributed by atoms with Gasteiger partial charge in [-0.3, -0.25) is 14.9 Å². The Hall–Kier alpha value is -2.48. The van der Waals surface area contributed by atoms with E-state index >= 15 is 0 Å². The first-order valence-corrected chi connectivity index (χ1v) is 10.3. The van der Waals surface area contributed by atoms with Gasteiger partial charge in [-0.05, 0) is 30.9 Å². The van der Waals surface area contributed by atoms with Crippen molar-refractivity contribution in [2.24, 2.45) is 17.6 Å². The fourth-order valence-electron chi connectivity index (χ4n) is 3.65. The Bertz CT molecular complexity index is 846. The van der Waals surface area contributed by atoms with Crippen molar-refractivity contribution in [3.8, 4) is 0 Å². The number of hydrogen-bond acceptors (Lipinski definition) is 6. The normalized spacial score (nSPS) is 20.7. The zero-order valence-corrected chi connectivity index (χ0v) is 16.8. The molecule has 8 heteroatoms. The van der Waals surface area contributed by atoms with Crippen molar-refractivity contribution in [3.05, 3.63) is 29.3 Å². The van der Waals surface area contributed by atoms with E-state index in [-0.39, 0.29) is 17.8 Å². The number of para-hydroxylation sites is 1. The number of aromatic nitrogens is 1. The van der Waals surface area contributed by atoms with Gasteiger partial charge in [-0.25, -0.2) is 9.78 Å². The number of fused-ring (bicyclic) bond motifs is 1. The van der Waals surface area contributed by atoms with Crippen molar-refractivity contribution in [2.75, 3.05) is 0 Å². The first-order valence-electron chi connectivity index (χ1n) is 9.53. The number of amides is 3. The van der Waals surface area contributed by atoms with Crippen LogP contribution in [0.5, 0.6) is 0 Å². The van der Waals surface area contributed by atoms with Crippen LogP contribution in [0.25, 0.3) is 10.2 Å². The topological polar surface area (TPSA) is 111 Å². The van der Waals surface area contributed by atoms with Crippen LogP contribution in [0.2, 0.25) is 0 Å². The molecule has 1 aromatic heterocycles. The lowest BCUT2D eigenvalue weighted by molar-refractivity contribution is -0.163. The van der Waals surface area contributed by atoms with Gasteiger partial charge in [0.15, 0.2) is 6.10 Å². The number of thiazole rings is 1. The van der Waals surface area contributed by atoms with E-state index in [2.05, 4.69) is 0 Å². The second-order valence-corrected chi connectivity index (χ2v) is 8.53. The molecule has 0 radical (unpaired) electrons. The van der Waals surface area contributed by atoms with Crippen molar-refractivity contribution in [1.82, 2.24) is 10.3 Å². The van der Waals surface area contributed by atoms with Crippen molar-refractivity contribution in [2.45, 2.75) is 51.6 Å². The third kappa shape index (κ3) is 4.49. The first-order chi connectivity index (χ1) is 13.4. The molecule has 0 unspecified atom stereocenters. The number of imide groups is 1. The van der Waals surface area contributed by atoms with E-state index in [1.165, 1.54) is 0 Å². The van der Waals surface area contributed by atoms with Crippen LogP contribution < -0.4 is 11.1 Å². The van der Waals surface area contributed by atoms with Crippen molar-refractivity contribution < 1.29 is 19.1 Å². The number of nitrogens with zero attached hydrogens (tertiary/aromatic N) is 1. The minimum atomic E-state index is -1.06. The average molecular weight is 404 g/mol. The minimum Gasteiger partial charge on any atom is -0.452 e. The maximum Gasteiger partial charge on any atom is 0.318 e. The standard InChI is InChI=1S/C20H25N3O4S/c1-11(2)16(17(24)23-20(21)26)27-19(25)13-8-4-3-7-12(13)18-22-14-9-5-6-10-15(14)28-18/h5-6,9-13,16H,3-4,7-8H2,1-2H3,(H3,21,23,24,26)/t12-,13-,16-/m0/s1. The van der Waals surface area contributed by atoms with Gasteiger partial charge >= 0.3 is 12.0 Å². The molecule has 0 saturated heterocycles. The summed E-state index contributed by atoms with van der Waals surface area (Å²) in [6.45, 7) is 3.51. The lowest BCUT2D eigenvalue weighted by atomic mass is 9.79. The third-order valence-corrected chi connectivity index (χ3v) is 6.22. The van der Waals surface area contributed by atoms with Gasteiger partial charge in [0.25, 0.3) is 5.91 Å². The van der Waals surface area contributed by atoms with Crippen molar-refractivity contribution in [3.63, 3.8) is 0 Å². The molecule has 0 bridgehead atoms. The maximum atomic E-state index is 13.0. The predicted octanol–water partition coefficient (Wildman–Crippen LogP) is 3.33. The van der Waals surface area contributed by atoms with Crippen LogP contribution in [0.15, 0.2) is 24.3 Å². The van der Waals surface area contributed by atoms with Gasteiger partial charge in [-0.15, -0.1) is 11.3 Å². The van der Waals surface area contributed by atoms with Crippen LogP contribution in [-0.4, -0.2) is 29.0 Å². The van der Waals surface area contributed by atoms with Crippen LogP contribution in [0.4, 0.5) is 4.79 Å². The second-order valence-electron chi connectivity index (χ2n) is 7.47. The molecule has 7 nitrogen and oxygen atoms in total. The average Bonchev–Trinajstić information content (AvgIpc) is 3.09. The number of rotatable bonds is 5. The molecule has 0 aliphatic heterocycles. The number of ether oxygens (including phenoxy) is 1. The van der Waals surface area contributed by atoms with E-state index in [0.717, 1.165) is 34.5 Å². The highest BCUT2D eigenvalue weighted by molar-refractivity contribution is 7.18. The summed E-state index contributed by atoms with van der Waals surface area (Å²) in [4.78, 5) is 40.9. The molecule has 1 heterocycles. The number of urea groups is 1. The van der Waals surface area contributed by atoms with Crippen LogP contribution >= 0.6 is 11.3 Å². The molecular weight excluding hydrogens is 378 g/mol. The Balaban J connectivity index is 1.79. The van der Waals surface area contributed by atoms with Gasteiger partial charge < -0.3 is 10.5 Å². The Morgan fingerprint density at radius 2 is 1.93 bits per heavy atom. The Labute approximate surface area is 167 Å². The molecule has 0 spiro atoms. The highest BCUT2D eigenvalue weighted by Crippen LogP contribution is 2.41. The Morgan fingerprint density at radius 1 is 1.21 bits per heavy atom. The third-order valence-electron chi connectivity index (χ3n) is 5.05. The molecule has 1 aliphatic carbocycles. The monoisotopic (exact) mass is 403 g/mol. The summed E-state index contributed by atoms with van der Waals surface area (Å²) in [5.41, 5.74) is 5.95. The molecule has 3 N–H and O–H groups in total. The summed E-state index contributed by atoms with van der Waals surface area (Å²) >= 11 is 1.61. The molecule has 3 amide bonds. The van der Waals surface area contributed by atoms with Crippen LogP contribution in [0, 0.1) is 11.8 Å². The number of nitrogens with two attached hydrogens (primary N) is 1. The summed E-state index contributed by atoms with van der Waals surface area (Å²) in [5.74, 6) is -1.76. The minimum absolute atomic E-state index is 0.0225. The van der Waals surface area contributed by atoms with Crippen LogP contribution in [0.1, 0.15) is 50.5 Å². The highest BCUT2D eigenvalue weighted by atomic mass is 32.1. The molecule has 1 aromatic carbocycles. The smallest absolute Gasteiger partial charge is 0.318 e. The summed E-state index contributed by atoms with van der Waals surface area (Å²) < 4.78 is 6.65. The fourth-order valence-corrected chi connectivity index (χ4v) is 4.82. The maximum absolute atomic E-state index is 13.0. The fraction of sp³-hybridized carbons (Fsp3) is 0.500. The summed E-state index contributed by atoms with van der Waals surface area (Å²) in [5, 5.41) is 2.94. The number of benzene rings is 1. The van der Waals surface area contributed by atoms with E-state index < -0.39 is 24.0 Å². The number of nitrogens with one attached hydrogen (secondary N) is 1. The van der Waals surface area contributed by atoms with Crippen molar-refractivity contribution >= 4 is 39.5 Å². The van der Waals surface area contributed by atoms with Crippen LogP contribution in [-0.2, 0) is 14.3 Å². The molecule has 2 aromatic rings. The van der Waals surface area contributed by atoms with Gasteiger partial charge in [-0.2, -0.15) is 0 Å². The van der Waals surface area contributed by atoms with Crippen molar-refractivity contribution in [1.29, 1.82) is 0 Å². The summed E-state index contributed by atoms with van der Waals surface area (Å²) in [6, 6.07) is 6.95. The molecule has 28 heavy (non-hydrogen) atoms. The predicted molar refractivity (Wildman–Crippen MR) is 107 cm³/mol. The van der Waals surface area contributed by atoms with Gasteiger partial charge in [-0.1, -0.05) is 38.8 Å². The zero-order chi connectivity index (χ0) is 20.3. The molecular formula is C20H25N3O4S. The van der Waals surface area contributed by atoms with E-state index in [9.17, 15) is 14.4 Å². The lowest BCUT2D eigenvalue weighted by Crippen LogP contribution is -2.46. The van der Waals surface area contributed by atoms with Gasteiger partial charge in [0, 0.05) is 5.92 Å². The number of carbonyl (C=O) groups excluding carboxylic acids is 3. The van der Waals surface area contributed by atoms with E-state index in [1.807, 2.05) is 29.6 Å². The largest absolute Gasteiger partial charge is 0.452 e. The first kappa shape index (κ1) is 20.3. The second kappa shape index (κ2) is 8.68. The quantitative estimate of drug-likeness (QED) is 0.744. The Kier molecular flexibility index (Phi) is 6.28. The molecule has 3 atom stereocenters. The van der Waals surface area contributed by atoms with E-state index in [4.69, 9.17) is 15.5 Å². The van der Waals surface area contributed by atoms with Gasteiger partial charge in [0.2, 0.25) is 0 Å². The molecule has 1 saturated carbocycles. The number of hydrogen-bond donors (Lipinski definition) is 2. The van der Waals surface area contributed by atoms with Crippen LogP contribution in [0.3, 0.4) is 0 Å². The Morgan fingerprint density at radius 3 is 2.61 bits per heavy atom. The zero-order valence-electron chi connectivity index (χ0n) is 16.0. The van der Waals surface area contributed by atoms with E-state index in [0.29, 0.717) is 6.42 Å². The highest BCUT2D eigenvalue weighted by Gasteiger charge is 2.38. The summed E-state index contributed by atoms with van der Waals surface area (Å²) in [7, 11) is 0. The van der Waals surface area contributed by atoms with Gasteiger partial charge in [0.05, 0.1) is 21.1 Å². The molecule has 3 rings (SSSR count). The lowest BCUT2D eigenvalue weighted by Gasteiger charge is -2.30. The molecule has 1 aliphatic rings. The molecule has 1 fully saturated rings. The SMILES string of the molecule is CC(C)[C@H](OC(=O)[C@H]1CCCC[C@@H]1c1nc2ccccc2s1)C(=O)NC(N)=O. The van der Waals surface area contributed by atoms with Gasteiger partial charge in [0.1, 0.15) is 0 Å². The number of carbonyl (C=O) groups is 3.